The summed E-state index contributed by atoms with van der Waals surface area (Å²) in [6, 6.07) is 14.8. The van der Waals surface area contributed by atoms with Gasteiger partial charge in [-0.05, 0) is 40.8 Å². The SMILES string of the molecule is CCc1c2ccocc-2cc1-c1ccccc1. The lowest BCUT2D eigenvalue weighted by Crippen LogP contribution is -1.83. The molecule has 1 nitrogen and oxygen atoms in total. The van der Waals surface area contributed by atoms with Crippen molar-refractivity contribution in [3.63, 3.8) is 0 Å². The van der Waals surface area contributed by atoms with E-state index in [1.165, 1.54) is 27.8 Å². The molecular weight excluding hydrogens is 208 g/mol. The van der Waals surface area contributed by atoms with Crippen molar-refractivity contribution in [2.75, 3.05) is 0 Å². The Labute approximate surface area is 101 Å². The molecule has 0 atom stereocenters. The third-order valence-electron chi connectivity index (χ3n) is 3.21. The number of hydrogen-bond acceptors (Lipinski definition) is 1. The smallest absolute Gasteiger partial charge is 0.0980 e. The molecule has 0 saturated carbocycles. The van der Waals surface area contributed by atoms with Crippen molar-refractivity contribution in [1.82, 2.24) is 0 Å². The van der Waals surface area contributed by atoms with Crippen LogP contribution in [0.25, 0.3) is 22.3 Å². The average molecular weight is 222 g/mol. The van der Waals surface area contributed by atoms with Crippen molar-refractivity contribution in [3.8, 4) is 22.3 Å². The van der Waals surface area contributed by atoms with Gasteiger partial charge in [0.1, 0.15) is 0 Å². The zero-order chi connectivity index (χ0) is 11.7. The molecule has 0 aromatic heterocycles. The predicted molar refractivity (Wildman–Crippen MR) is 70.1 cm³/mol. The summed E-state index contributed by atoms with van der Waals surface area (Å²) in [7, 11) is 0. The molecule has 0 unspecified atom stereocenters. The Balaban J connectivity index is 2.27. The maximum atomic E-state index is 5.24. The van der Waals surface area contributed by atoms with Crippen molar-refractivity contribution in [1.29, 1.82) is 0 Å². The second-order valence-corrected chi connectivity index (χ2v) is 4.18. The molecule has 17 heavy (non-hydrogen) atoms. The highest BCUT2D eigenvalue weighted by Gasteiger charge is 2.15. The summed E-state index contributed by atoms with van der Waals surface area (Å²) in [5, 5.41) is 0. The lowest BCUT2D eigenvalue weighted by molar-refractivity contribution is 0.552. The molecule has 84 valence electrons. The van der Waals surface area contributed by atoms with Gasteiger partial charge < -0.3 is 4.42 Å². The van der Waals surface area contributed by atoms with E-state index >= 15 is 0 Å². The second kappa shape index (κ2) is 4.10. The van der Waals surface area contributed by atoms with Gasteiger partial charge in [-0.2, -0.15) is 0 Å². The molecule has 0 saturated heterocycles. The lowest BCUT2D eigenvalue weighted by atomic mass is 10.0. The molecule has 1 heterocycles. The fourth-order valence-corrected chi connectivity index (χ4v) is 2.41. The van der Waals surface area contributed by atoms with Gasteiger partial charge in [0.15, 0.2) is 0 Å². The molecule has 0 spiro atoms. The highest BCUT2D eigenvalue weighted by molar-refractivity contribution is 5.84. The van der Waals surface area contributed by atoms with Crippen LogP contribution >= 0.6 is 0 Å². The minimum Gasteiger partial charge on any atom is -0.472 e. The zero-order valence-electron chi connectivity index (χ0n) is 9.81. The highest BCUT2D eigenvalue weighted by atomic mass is 16.3. The molecule has 0 fully saturated rings. The van der Waals surface area contributed by atoms with Crippen LogP contribution in [0.4, 0.5) is 0 Å². The Morgan fingerprint density at radius 1 is 0.941 bits per heavy atom. The minimum atomic E-state index is 1.04. The van der Waals surface area contributed by atoms with Gasteiger partial charge in [0, 0.05) is 5.56 Å². The molecule has 0 radical (unpaired) electrons. The van der Waals surface area contributed by atoms with Gasteiger partial charge in [-0.1, -0.05) is 37.3 Å². The molecule has 1 aromatic rings. The van der Waals surface area contributed by atoms with Crippen LogP contribution in [0.2, 0.25) is 0 Å². The Morgan fingerprint density at radius 3 is 2.53 bits per heavy atom. The molecular formula is C16H14O. The van der Waals surface area contributed by atoms with Crippen molar-refractivity contribution in [3.05, 3.63) is 60.6 Å². The van der Waals surface area contributed by atoms with Crippen LogP contribution in [0.1, 0.15) is 12.5 Å². The van der Waals surface area contributed by atoms with Crippen LogP contribution in [0, 0.1) is 0 Å². The van der Waals surface area contributed by atoms with Gasteiger partial charge in [0.2, 0.25) is 0 Å². The van der Waals surface area contributed by atoms with Gasteiger partial charge in [0.05, 0.1) is 12.5 Å². The van der Waals surface area contributed by atoms with E-state index in [4.69, 9.17) is 4.42 Å². The van der Waals surface area contributed by atoms with Crippen LogP contribution in [0.5, 0.6) is 0 Å². The van der Waals surface area contributed by atoms with Crippen LogP contribution in [0.3, 0.4) is 0 Å². The second-order valence-electron chi connectivity index (χ2n) is 4.18. The molecule has 1 aliphatic heterocycles. The molecule has 1 aliphatic carbocycles. The number of rotatable bonds is 2. The maximum Gasteiger partial charge on any atom is 0.0980 e. The summed E-state index contributed by atoms with van der Waals surface area (Å²) >= 11 is 0. The topological polar surface area (TPSA) is 13.1 Å². The van der Waals surface area contributed by atoms with Crippen molar-refractivity contribution in [2.45, 2.75) is 13.3 Å². The van der Waals surface area contributed by atoms with Crippen LogP contribution < -0.4 is 0 Å². The number of fused-ring (bicyclic) bond motifs is 1. The first kappa shape index (κ1) is 10.2. The van der Waals surface area contributed by atoms with Gasteiger partial charge in [-0.3, -0.25) is 0 Å². The summed E-state index contributed by atoms with van der Waals surface area (Å²) in [5.74, 6) is 0. The minimum absolute atomic E-state index is 1.04. The summed E-state index contributed by atoms with van der Waals surface area (Å²) in [5.41, 5.74) is 6.49. The van der Waals surface area contributed by atoms with E-state index in [1.54, 1.807) is 6.26 Å². The van der Waals surface area contributed by atoms with Gasteiger partial charge in [-0.25, -0.2) is 0 Å². The molecule has 0 amide bonds. The molecule has 1 heteroatoms. The van der Waals surface area contributed by atoms with Crippen molar-refractivity contribution >= 4 is 0 Å². The third kappa shape index (κ3) is 1.64. The van der Waals surface area contributed by atoms with Crippen molar-refractivity contribution in [2.24, 2.45) is 0 Å². The monoisotopic (exact) mass is 222 g/mol. The quantitative estimate of drug-likeness (QED) is 0.617. The molecule has 0 N–H and O–H groups in total. The standard InChI is InChI=1S/C16H14O/c1-2-14-15-8-9-17-11-13(15)10-16(14)12-6-4-3-5-7-12/h3-11H,2H2,1H3. The van der Waals surface area contributed by atoms with Crippen LogP contribution in [0.15, 0.2) is 59.4 Å². The Morgan fingerprint density at radius 2 is 1.76 bits per heavy atom. The fraction of sp³-hybridized carbons (Fsp3) is 0.125. The van der Waals surface area contributed by atoms with Crippen LogP contribution in [-0.4, -0.2) is 0 Å². The van der Waals surface area contributed by atoms with Crippen molar-refractivity contribution < 1.29 is 4.42 Å². The largest absolute Gasteiger partial charge is 0.472 e. The van der Waals surface area contributed by atoms with E-state index in [-0.39, 0.29) is 0 Å². The average Bonchev–Trinajstić information content (AvgIpc) is 2.78. The molecule has 2 aliphatic rings. The van der Waals surface area contributed by atoms with E-state index in [2.05, 4.69) is 43.3 Å². The molecule has 0 bridgehead atoms. The first-order chi connectivity index (χ1) is 8.40. The Kier molecular flexibility index (Phi) is 2.45. The van der Waals surface area contributed by atoms with Gasteiger partial charge in [0.25, 0.3) is 0 Å². The maximum absolute atomic E-state index is 5.24. The van der Waals surface area contributed by atoms with E-state index < -0.39 is 0 Å². The van der Waals surface area contributed by atoms with Gasteiger partial charge >= 0.3 is 0 Å². The number of hydrogen-bond donors (Lipinski definition) is 0. The fourth-order valence-electron chi connectivity index (χ4n) is 2.41. The van der Waals surface area contributed by atoms with E-state index in [0.29, 0.717) is 0 Å². The third-order valence-corrected chi connectivity index (χ3v) is 3.21. The first-order valence-corrected chi connectivity index (χ1v) is 5.93. The van der Waals surface area contributed by atoms with E-state index in [1.807, 2.05) is 12.3 Å². The summed E-state index contributed by atoms with van der Waals surface area (Å²) in [6.07, 6.45) is 4.61. The number of benzene rings is 1. The van der Waals surface area contributed by atoms with Crippen LogP contribution in [-0.2, 0) is 6.42 Å². The Hall–Kier alpha value is -2.02. The van der Waals surface area contributed by atoms with E-state index in [9.17, 15) is 0 Å². The normalized spacial score (nSPS) is 10.9. The lowest BCUT2D eigenvalue weighted by Gasteiger charge is -2.03. The highest BCUT2D eigenvalue weighted by Crippen LogP contribution is 2.37. The predicted octanol–water partition coefficient (Wildman–Crippen LogP) is 4.61. The Bertz CT molecular complexity index is 592. The van der Waals surface area contributed by atoms with E-state index in [0.717, 1.165) is 6.42 Å². The molecule has 3 rings (SSSR count). The summed E-state index contributed by atoms with van der Waals surface area (Å²) < 4.78 is 5.24. The first-order valence-electron chi connectivity index (χ1n) is 5.93. The molecule has 1 aromatic carbocycles. The summed E-state index contributed by atoms with van der Waals surface area (Å²) in [4.78, 5) is 0. The summed E-state index contributed by atoms with van der Waals surface area (Å²) in [6.45, 7) is 2.20. The zero-order valence-corrected chi connectivity index (χ0v) is 9.81. The van der Waals surface area contributed by atoms with Gasteiger partial charge in [-0.15, -0.1) is 0 Å².